The van der Waals surface area contributed by atoms with Crippen molar-refractivity contribution in [3.05, 3.63) is 40.8 Å². The molecule has 0 aliphatic carbocycles. The highest BCUT2D eigenvalue weighted by Crippen LogP contribution is 2.31. The highest BCUT2D eigenvalue weighted by atomic mass is 16.5. The van der Waals surface area contributed by atoms with E-state index in [1.54, 1.807) is 6.92 Å². The van der Waals surface area contributed by atoms with Crippen LogP contribution in [0, 0.1) is 19.8 Å². The number of hydrogen-bond donors (Lipinski definition) is 2. The maximum atomic E-state index is 12.8. The second-order valence-electron chi connectivity index (χ2n) is 8.08. The molecule has 0 aliphatic rings. The summed E-state index contributed by atoms with van der Waals surface area (Å²) in [5.41, 5.74) is 9.13. The number of ketones is 1. The first-order valence-electron chi connectivity index (χ1n) is 11.2. The van der Waals surface area contributed by atoms with E-state index in [1.807, 2.05) is 19.9 Å². The van der Waals surface area contributed by atoms with E-state index in [-0.39, 0.29) is 31.2 Å². The Kier molecular flexibility index (Phi) is 9.91. The van der Waals surface area contributed by atoms with Gasteiger partial charge in [-0.2, -0.15) is 0 Å². The van der Waals surface area contributed by atoms with Crippen LogP contribution in [0.2, 0.25) is 0 Å². The van der Waals surface area contributed by atoms with Crippen molar-refractivity contribution < 1.29 is 29.0 Å². The fourth-order valence-corrected chi connectivity index (χ4v) is 3.74. The minimum Gasteiger partial charge on any atom is -0.481 e. The number of carboxylic acids is 1. The predicted molar refractivity (Wildman–Crippen MR) is 124 cm³/mol. The van der Waals surface area contributed by atoms with Gasteiger partial charge >= 0.3 is 17.9 Å². The number of methoxy groups -OCH3 is 1. The molecule has 0 fully saturated rings. The molecule has 2 rings (SSSR count). The number of aliphatic carboxylic acids is 1. The van der Waals surface area contributed by atoms with Crippen LogP contribution >= 0.6 is 0 Å². The molecular formula is C24H32N4O6. The second kappa shape index (κ2) is 12.6. The first-order valence-corrected chi connectivity index (χ1v) is 11.2. The molecule has 3 N–H and O–H groups in total. The number of aromatic nitrogens is 3. The van der Waals surface area contributed by atoms with Crippen molar-refractivity contribution in [1.29, 1.82) is 0 Å². The number of ether oxygens (including phenoxy) is 2. The van der Waals surface area contributed by atoms with Gasteiger partial charge in [0, 0.05) is 36.8 Å². The van der Waals surface area contributed by atoms with E-state index in [1.165, 1.54) is 19.5 Å². The number of pyridine rings is 1. The van der Waals surface area contributed by atoms with Crippen molar-refractivity contribution in [2.24, 2.45) is 5.92 Å². The molecule has 0 aromatic carbocycles. The lowest BCUT2D eigenvalue weighted by Crippen LogP contribution is -2.33. The summed E-state index contributed by atoms with van der Waals surface area (Å²) in [6.45, 7) is 5.50. The SMILES string of the molecule is CCOC(=O)C(C(=O)O)C(CC(=O)CCCCc1nc(N)c(C)cc1C)c1cnc(OC)nc1. The third-order valence-electron chi connectivity index (χ3n) is 5.58. The highest BCUT2D eigenvalue weighted by molar-refractivity contribution is 5.96. The van der Waals surface area contributed by atoms with Gasteiger partial charge in [-0.25, -0.2) is 15.0 Å². The monoisotopic (exact) mass is 472 g/mol. The molecule has 10 nitrogen and oxygen atoms in total. The van der Waals surface area contributed by atoms with E-state index >= 15 is 0 Å². The average molecular weight is 473 g/mol. The van der Waals surface area contributed by atoms with Gasteiger partial charge in [0.25, 0.3) is 0 Å². The van der Waals surface area contributed by atoms with E-state index in [2.05, 4.69) is 15.0 Å². The molecule has 2 heterocycles. The normalized spacial score (nSPS) is 12.6. The van der Waals surface area contributed by atoms with Gasteiger partial charge in [0.2, 0.25) is 0 Å². The zero-order valence-electron chi connectivity index (χ0n) is 20.0. The molecule has 2 aromatic rings. The van der Waals surface area contributed by atoms with E-state index in [0.717, 1.165) is 23.2 Å². The van der Waals surface area contributed by atoms with Crippen LogP contribution in [0.5, 0.6) is 6.01 Å². The van der Waals surface area contributed by atoms with E-state index < -0.39 is 23.8 Å². The van der Waals surface area contributed by atoms with Crippen LogP contribution in [-0.4, -0.2) is 51.5 Å². The number of aryl methyl sites for hydroxylation is 3. The van der Waals surface area contributed by atoms with Gasteiger partial charge in [0.05, 0.1) is 13.7 Å². The molecule has 0 spiro atoms. The van der Waals surface area contributed by atoms with Crippen molar-refractivity contribution in [1.82, 2.24) is 15.0 Å². The number of Topliss-reactive ketones (excluding diaryl/α,β-unsaturated/α-hetero) is 1. The van der Waals surface area contributed by atoms with Crippen LogP contribution in [0.4, 0.5) is 5.82 Å². The lowest BCUT2D eigenvalue weighted by molar-refractivity contribution is -0.159. The zero-order chi connectivity index (χ0) is 25.3. The number of esters is 1. The molecule has 2 unspecified atom stereocenters. The third-order valence-corrected chi connectivity index (χ3v) is 5.58. The summed E-state index contributed by atoms with van der Waals surface area (Å²) in [5.74, 6) is -4.45. The maximum absolute atomic E-state index is 12.8. The molecule has 0 aliphatic heterocycles. The lowest BCUT2D eigenvalue weighted by Gasteiger charge is -2.22. The Labute approximate surface area is 198 Å². The summed E-state index contributed by atoms with van der Waals surface area (Å²) >= 11 is 0. The molecule has 184 valence electrons. The summed E-state index contributed by atoms with van der Waals surface area (Å²) in [4.78, 5) is 49.6. The van der Waals surface area contributed by atoms with E-state index in [0.29, 0.717) is 24.2 Å². The molecule has 0 amide bonds. The van der Waals surface area contributed by atoms with Gasteiger partial charge in [-0.1, -0.05) is 6.07 Å². The number of rotatable bonds is 13. The molecule has 34 heavy (non-hydrogen) atoms. The number of nitrogen functional groups attached to an aromatic ring is 1. The van der Waals surface area contributed by atoms with Crippen molar-refractivity contribution in [3.63, 3.8) is 0 Å². The number of unbranched alkanes of at least 4 members (excludes halogenated alkanes) is 1. The first kappa shape index (κ1) is 26.7. The van der Waals surface area contributed by atoms with E-state index in [4.69, 9.17) is 15.2 Å². The molecule has 0 saturated heterocycles. The fraction of sp³-hybridized carbons (Fsp3) is 0.500. The van der Waals surface area contributed by atoms with Crippen LogP contribution in [0.1, 0.15) is 60.9 Å². The van der Waals surface area contributed by atoms with Gasteiger partial charge < -0.3 is 20.3 Å². The minimum atomic E-state index is -1.55. The first-order chi connectivity index (χ1) is 16.2. The Morgan fingerprint density at radius 2 is 1.79 bits per heavy atom. The molecule has 0 bridgehead atoms. The van der Waals surface area contributed by atoms with Crippen LogP contribution in [0.3, 0.4) is 0 Å². The van der Waals surface area contributed by atoms with Crippen LogP contribution in [0.25, 0.3) is 0 Å². The Morgan fingerprint density at radius 1 is 1.12 bits per heavy atom. The topological polar surface area (TPSA) is 155 Å². The number of carbonyl (C=O) groups excluding carboxylic acids is 2. The van der Waals surface area contributed by atoms with Crippen LogP contribution < -0.4 is 10.5 Å². The second-order valence-corrected chi connectivity index (χ2v) is 8.08. The van der Waals surface area contributed by atoms with Gasteiger partial charge in [-0.15, -0.1) is 0 Å². The minimum absolute atomic E-state index is 0.0272. The Hall–Kier alpha value is -3.56. The fourth-order valence-electron chi connectivity index (χ4n) is 3.74. The Balaban J connectivity index is 2.09. The lowest BCUT2D eigenvalue weighted by atomic mass is 9.82. The number of nitrogens with two attached hydrogens (primary N) is 1. The molecule has 0 saturated carbocycles. The molecule has 10 heteroatoms. The maximum Gasteiger partial charge on any atom is 0.320 e. The number of anilines is 1. The summed E-state index contributed by atoms with van der Waals surface area (Å²) in [5, 5.41) is 9.73. The van der Waals surface area contributed by atoms with Gasteiger partial charge in [-0.05, 0) is 56.7 Å². The molecule has 2 atom stereocenters. The summed E-state index contributed by atoms with van der Waals surface area (Å²) in [6, 6.07) is 2.09. The van der Waals surface area contributed by atoms with Crippen LogP contribution in [0.15, 0.2) is 18.5 Å². The molecule has 2 aromatic heterocycles. The van der Waals surface area contributed by atoms with Gasteiger partial charge in [0.1, 0.15) is 11.6 Å². The number of nitrogens with zero attached hydrogens (tertiary/aromatic N) is 3. The van der Waals surface area contributed by atoms with Crippen molar-refractivity contribution in [2.45, 2.75) is 58.8 Å². The number of hydrogen-bond acceptors (Lipinski definition) is 9. The van der Waals surface area contributed by atoms with Gasteiger partial charge in [-0.3, -0.25) is 14.4 Å². The van der Waals surface area contributed by atoms with Crippen molar-refractivity contribution in [3.8, 4) is 6.01 Å². The Bertz CT molecular complexity index is 1010. The largest absolute Gasteiger partial charge is 0.481 e. The highest BCUT2D eigenvalue weighted by Gasteiger charge is 2.38. The average Bonchev–Trinajstić information content (AvgIpc) is 2.79. The molecule has 0 radical (unpaired) electrons. The number of carboxylic acid groups (broad SMARTS) is 1. The van der Waals surface area contributed by atoms with Crippen molar-refractivity contribution >= 4 is 23.5 Å². The summed E-state index contributed by atoms with van der Waals surface area (Å²) < 4.78 is 9.90. The quantitative estimate of drug-likeness (QED) is 0.252. The summed E-state index contributed by atoms with van der Waals surface area (Å²) in [6.07, 6.45) is 4.82. The third kappa shape index (κ3) is 7.23. The predicted octanol–water partition coefficient (Wildman–Crippen LogP) is 2.80. The van der Waals surface area contributed by atoms with Gasteiger partial charge in [0.15, 0.2) is 5.92 Å². The molecular weight excluding hydrogens is 440 g/mol. The van der Waals surface area contributed by atoms with E-state index in [9.17, 15) is 19.5 Å². The smallest absolute Gasteiger partial charge is 0.320 e. The Morgan fingerprint density at radius 3 is 2.38 bits per heavy atom. The van der Waals surface area contributed by atoms with Crippen molar-refractivity contribution in [2.75, 3.05) is 19.5 Å². The zero-order valence-corrected chi connectivity index (χ0v) is 20.0. The standard InChI is InChI=1S/C24H32N4O6/c1-5-34-23(32)20(22(30)31)18(16-12-26-24(33-4)27-13-16)11-17(29)8-6-7-9-19-14(2)10-15(3)21(25)28-19/h10,12-13,18,20H,5-9,11H2,1-4H3,(H2,25,28)(H,30,31). The summed E-state index contributed by atoms with van der Waals surface area (Å²) in [7, 11) is 1.40. The number of carbonyl (C=O) groups is 3. The van der Waals surface area contributed by atoms with Crippen LogP contribution in [-0.2, 0) is 25.5 Å².